The average Bonchev–Trinajstić information content (AvgIpc) is 3.53. The standard InChI is InChI=1S/C31H19N3O3/c35-34(36)29-23(24-15-8-16-25-30(24)37-31(32-25)20-10-2-1-3-11-20)14-9-19-28(29)33-26-17-6-4-12-21(26)22-13-5-7-18-27(22)33/h1-19H. The predicted molar refractivity (Wildman–Crippen MR) is 146 cm³/mol. The highest BCUT2D eigenvalue weighted by molar-refractivity contribution is 6.10. The van der Waals surface area contributed by atoms with Gasteiger partial charge in [-0.3, -0.25) is 10.1 Å². The summed E-state index contributed by atoms with van der Waals surface area (Å²) in [6.07, 6.45) is 0. The summed E-state index contributed by atoms with van der Waals surface area (Å²) >= 11 is 0. The topological polar surface area (TPSA) is 74.1 Å². The van der Waals surface area contributed by atoms with Gasteiger partial charge in [0.05, 0.1) is 21.5 Å². The molecule has 0 atom stereocenters. The Bertz CT molecular complexity index is 1920. The van der Waals surface area contributed by atoms with Crippen LogP contribution in [0.1, 0.15) is 0 Å². The molecule has 0 aliphatic carbocycles. The van der Waals surface area contributed by atoms with Crippen molar-refractivity contribution in [2.24, 2.45) is 0 Å². The molecule has 6 heteroatoms. The Morgan fingerprint density at radius 3 is 2.00 bits per heavy atom. The van der Waals surface area contributed by atoms with E-state index in [0.29, 0.717) is 33.8 Å². The maximum absolute atomic E-state index is 12.7. The van der Waals surface area contributed by atoms with Crippen LogP contribution >= 0.6 is 0 Å². The van der Waals surface area contributed by atoms with Crippen molar-refractivity contribution in [3.63, 3.8) is 0 Å². The number of hydrogen-bond acceptors (Lipinski definition) is 4. The largest absolute Gasteiger partial charge is 0.435 e. The number of oxazole rings is 1. The van der Waals surface area contributed by atoms with Gasteiger partial charge in [-0.2, -0.15) is 0 Å². The summed E-state index contributed by atoms with van der Waals surface area (Å²) in [5.74, 6) is 0.476. The van der Waals surface area contributed by atoms with Crippen LogP contribution in [0.5, 0.6) is 0 Å². The van der Waals surface area contributed by atoms with Crippen LogP contribution in [0.25, 0.3) is 61.2 Å². The van der Waals surface area contributed by atoms with Crippen LogP contribution in [0.2, 0.25) is 0 Å². The molecule has 7 rings (SSSR count). The van der Waals surface area contributed by atoms with Gasteiger partial charge in [-0.25, -0.2) is 4.98 Å². The number of aromatic nitrogens is 2. The van der Waals surface area contributed by atoms with Crippen molar-refractivity contribution < 1.29 is 9.34 Å². The van der Waals surface area contributed by atoms with Crippen LogP contribution in [0.3, 0.4) is 0 Å². The van der Waals surface area contributed by atoms with Gasteiger partial charge in [-0.15, -0.1) is 0 Å². The highest BCUT2D eigenvalue weighted by Gasteiger charge is 2.26. The summed E-state index contributed by atoms with van der Waals surface area (Å²) in [7, 11) is 0. The van der Waals surface area contributed by atoms with E-state index in [1.165, 1.54) is 0 Å². The van der Waals surface area contributed by atoms with Gasteiger partial charge in [0.2, 0.25) is 5.89 Å². The fraction of sp³-hybridized carbons (Fsp3) is 0. The summed E-state index contributed by atoms with van der Waals surface area (Å²) in [5.41, 5.74) is 5.45. The van der Waals surface area contributed by atoms with E-state index >= 15 is 0 Å². The molecule has 6 nitrogen and oxygen atoms in total. The van der Waals surface area contributed by atoms with E-state index in [1.54, 1.807) is 12.1 Å². The third-order valence-electron chi connectivity index (χ3n) is 6.74. The smallest absolute Gasteiger partial charge is 0.301 e. The summed E-state index contributed by atoms with van der Waals surface area (Å²) in [6, 6.07) is 36.6. The molecule has 2 heterocycles. The van der Waals surface area contributed by atoms with Crippen molar-refractivity contribution in [1.82, 2.24) is 9.55 Å². The van der Waals surface area contributed by atoms with E-state index < -0.39 is 0 Å². The monoisotopic (exact) mass is 481 g/mol. The fourth-order valence-electron chi connectivity index (χ4n) is 5.17. The van der Waals surface area contributed by atoms with Crippen LogP contribution in [0.4, 0.5) is 5.69 Å². The molecule has 0 saturated heterocycles. The molecule has 0 spiro atoms. The summed E-state index contributed by atoms with van der Waals surface area (Å²) in [6.45, 7) is 0. The minimum absolute atomic E-state index is 0.0131. The quantitative estimate of drug-likeness (QED) is 0.188. The second-order valence-electron chi connectivity index (χ2n) is 8.84. The molecule has 0 aliphatic heterocycles. The number of benzene rings is 5. The Kier molecular flexibility index (Phi) is 4.66. The normalized spacial score (nSPS) is 11.5. The zero-order valence-electron chi connectivity index (χ0n) is 19.5. The van der Waals surface area contributed by atoms with E-state index in [9.17, 15) is 10.1 Å². The molecule has 0 unspecified atom stereocenters. The zero-order chi connectivity index (χ0) is 24.9. The average molecular weight is 482 g/mol. The Morgan fingerprint density at radius 2 is 1.30 bits per heavy atom. The number of nitrogens with zero attached hydrogens (tertiary/aromatic N) is 3. The molecule has 0 saturated carbocycles. The van der Waals surface area contributed by atoms with Crippen molar-refractivity contribution in [3.05, 3.63) is 125 Å². The Hall–Kier alpha value is -5.23. The molecule has 7 aromatic rings. The first-order valence-corrected chi connectivity index (χ1v) is 11.9. The van der Waals surface area contributed by atoms with Crippen LogP contribution < -0.4 is 0 Å². The van der Waals surface area contributed by atoms with E-state index in [4.69, 9.17) is 4.42 Å². The van der Waals surface area contributed by atoms with E-state index in [2.05, 4.69) is 4.98 Å². The van der Waals surface area contributed by atoms with Crippen molar-refractivity contribution in [2.45, 2.75) is 0 Å². The number of nitro groups is 1. The third kappa shape index (κ3) is 3.23. The molecule has 37 heavy (non-hydrogen) atoms. The summed E-state index contributed by atoms with van der Waals surface area (Å²) in [4.78, 5) is 17.0. The van der Waals surface area contributed by atoms with Crippen LogP contribution in [-0.2, 0) is 0 Å². The number of fused-ring (bicyclic) bond motifs is 4. The lowest BCUT2D eigenvalue weighted by molar-refractivity contribution is -0.383. The molecule has 0 amide bonds. The Balaban J connectivity index is 1.52. The third-order valence-corrected chi connectivity index (χ3v) is 6.74. The molecule has 0 radical (unpaired) electrons. The predicted octanol–water partition coefficient (Wildman–Crippen LogP) is 8.17. The van der Waals surface area contributed by atoms with Gasteiger partial charge in [0, 0.05) is 21.9 Å². The minimum Gasteiger partial charge on any atom is -0.435 e. The molecule has 5 aromatic carbocycles. The molecular formula is C31H19N3O3. The molecule has 176 valence electrons. The SMILES string of the molecule is O=[N+]([O-])c1c(-c2cccc3nc(-c4ccccc4)oc23)cccc1-n1c2ccccc2c2ccccc21. The van der Waals surface area contributed by atoms with Gasteiger partial charge < -0.3 is 8.98 Å². The molecule has 2 aromatic heterocycles. The number of rotatable bonds is 4. The first-order chi connectivity index (χ1) is 18.2. The highest BCUT2D eigenvalue weighted by atomic mass is 16.6. The minimum atomic E-state index is -0.304. The first kappa shape index (κ1) is 21.1. The van der Waals surface area contributed by atoms with Gasteiger partial charge >= 0.3 is 5.69 Å². The maximum Gasteiger partial charge on any atom is 0.301 e. The van der Waals surface area contributed by atoms with E-state index in [0.717, 1.165) is 27.4 Å². The molecule has 0 fully saturated rings. The number of nitro benzene ring substituents is 1. The maximum atomic E-state index is 12.7. The van der Waals surface area contributed by atoms with Crippen molar-refractivity contribution in [1.29, 1.82) is 0 Å². The van der Waals surface area contributed by atoms with E-state index in [1.807, 2.05) is 108 Å². The van der Waals surface area contributed by atoms with Crippen molar-refractivity contribution in [3.8, 4) is 28.3 Å². The number of hydrogen-bond donors (Lipinski definition) is 0. The summed E-state index contributed by atoms with van der Waals surface area (Å²) < 4.78 is 8.18. The van der Waals surface area contributed by atoms with Crippen molar-refractivity contribution in [2.75, 3.05) is 0 Å². The van der Waals surface area contributed by atoms with Gasteiger partial charge in [0.15, 0.2) is 5.58 Å². The summed E-state index contributed by atoms with van der Waals surface area (Å²) in [5, 5.41) is 14.8. The molecule has 0 N–H and O–H groups in total. The second-order valence-corrected chi connectivity index (χ2v) is 8.84. The van der Waals surface area contributed by atoms with Gasteiger partial charge in [-0.1, -0.05) is 72.8 Å². The number of para-hydroxylation sites is 4. The zero-order valence-corrected chi connectivity index (χ0v) is 19.5. The lowest BCUT2D eigenvalue weighted by Gasteiger charge is -2.12. The lowest BCUT2D eigenvalue weighted by atomic mass is 10.0. The molecular weight excluding hydrogens is 462 g/mol. The Labute approximate surface area is 211 Å². The molecule has 0 bridgehead atoms. The first-order valence-electron chi connectivity index (χ1n) is 11.9. The fourth-order valence-corrected chi connectivity index (χ4v) is 5.17. The second kappa shape index (κ2) is 8.17. The van der Waals surface area contributed by atoms with E-state index in [-0.39, 0.29) is 10.6 Å². The molecule has 0 aliphatic rings. The highest BCUT2D eigenvalue weighted by Crippen LogP contribution is 2.42. The van der Waals surface area contributed by atoms with Crippen LogP contribution in [0.15, 0.2) is 120 Å². The van der Waals surface area contributed by atoms with Gasteiger partial charge in [-0.05, 0) is 42.5 Å². The Morgan fingerprint density at radius 1 is 0.676 bits per heavy atom. The van der Waals surface area contributed by atoms with Crippen LogP contribution in [-0.4, -0.2) is 14.5 Å². The van der Waals surface area contributed by atoms with Gasteiger partial charge in [0.25, 0.3) is 0 Å². The van der Waals surface area contributed by atoms with Crippen LogP contribution in [0, 0.1) is 10.1 Å². The van der Waals surface area contributed by atoms with Gasteiger partial charge in [0.1, 0.15) is 11.2 Å². The lowest BCUT2D eigenvalue weighted by Crippen LogP contribution is -2.02. The van der Waals surface area contributed by atoms with Crippen molar-refractivity contribution >= 4 is 38.6 Å².